The quantitative estimate of drug-likeness (QED) is 0.507. The molecule has 1 amide bonds. The molecule has 1 N–H and O–H groups in total. The SMILES string of the molecule is C=CC(=O)N1CCN(c2nc(OCC3CCCN3)nc3c2CCN(c2cccc4cccc(C)c24)C3)CC1. The van der Waals surface area contributed by atoms with Gasteiger partial charge in [-0.1, -0.05) is 36.9 Å². The minimum absolute atomic E-state index is 0.0107. The summed E-state index contributed by atoms with van der Waals surface area (Å²) in [5.74, 6) is 0.951. The second-order valence-corrected chi connectivity index (χ2v) is 10.5. The molecule has 38 heavy (non-hydrogen) atoms. The number of hydrogen-bond acceptors (Lipinski definition) is 7. The van der Waals surface area contributed by atoms with Gasteiger partial charge in [-0.25, -0.2) is 0 Å². The number of carbonyl (C=O) groups is 1. The summed E-state index contributed by atoms with van der Waals surface area (Å²) < 4.78 is 6.19. The topological polar surface area (TPSA) is 73.8 Å². The molecule has 8 heteroatoms. The van der Waals surface area contributed by atoms with E-state index in [1.165, 1.54) is 40.1 Å². The van der Waals surface area contributed by atoms with Crippen LogP contribution in [0.1, 0.15) is 29.7 Å². The third kappa shape index (κ3) is 4.80. The van der Waals surface area contributed by atoms with Gasteiger partial charge >= 0.3 is 6.01 Å². The van der Waals surface area contributed by atoms with Crippen LogP contribution >= 0.6 is 0 Å². The number of nitrogens with zero attached hydrogens (tertiary/aromatic N) is 5. The average Bonchev–Trinajstić information content (AvgIpc) is 3.49. The van der Waals surface area contributed by atoms with Gasteiger partial charge in [-0.3, -0.25) is 4.79 Å². The summed E-state index contributed by atoms with van der Waals surface area (Å²) in [7, 11) is 0. The molecular formula is C30H36N6O2. The van der Waals surface area contributed by atoms with Gasteiger partial charge in [0, 0.05) is 55.4 Å². The molecule has 8 nitrogen and oxygen atoms in total. The molecule has 1 atom stereocenters. The standard InChI is InChI=1S/C30H36N6O2/c1-3-27(37)34-15-17-35(18-16-34)29-24-12-14-36(26-11-5-9-22-8-4-7-21(2)28(22)26)19-25(24)32-30(33-29)38-20-23-10-6-13-31-23/h3-5,7-9,11,23,31H,1,6,10,12-20H2,2H3. The first-order valence-corrected chi connectivity index (χ1v) is 13.8. The molecule has 3 aliphatic rings. The van der Waals surface area contributed by atoms with Crippen LogP contribution in [0.4, 0.5) is 11.5 Å². The molecule has 1 aromatic heterocycles. The van der Waals surface area contributed by atoms with Gasteiger partial charge in [-0.15, -0.1) is 0 Å². The normalized spacial score (nSPS) is 19.5. The fraction of sp³-hybridized carbons (Fsp3) is 0.433. The molecule has 0 aliphatic carbocycles. The van der Waals surface area contributed by atoms with E-state index in [1.54, 1.807) is 0 Å². The maximum absolute atomic E-state index is 12.1. The first-order valence-electron chi connectivity index (χ1n) is 13.8. The molecule has 6 rings (SSSR count). The Hall–Kier alpha value is -3.65. The van der Waals surface area contributed by atoms with Crippen molar-refractivity contribution in [3.63, 3.8) is 0 Å². The Morgan fingerprint density at radius 3 is 2.68 bits per heavy atom. The largest absolute Gasteiger partial charge is 0.462 e. The van der Waals surface area contributed by atoms with Crippen molar-refractivity contribution in [3.8, 4) is 6.01 Å². The van der Waals surface area contributed by atoms with Gasteiger partial charge in [0.05, 0.1) is 12.2 Å². The molecular weight excluding hydrogens is 476 g/mol. The maximum Gasteiger partial charge on any atom is 0.318 e. The number of nitrogens with one attached hydrogen (secondary N) is 1. The van der Waals surface area contributed by atoms with Gasteiger partial charge in [0.2, 0.25) is 5.91 Å². The highest BCUT2D eigenvalue weighted by Crippen LogP contribution is 2.35. The van der Waals surface area contributed by atoms with Crippen LogP contribution in [0.25, 0.3) is 10.8 Å². The number of ether oxygens (including phenoxy) is 1. The van der Waals surface area contributed by atoms with E-state index in [2.05, 4.69) is 65.0 Å². The van der Waals surface area contributed by atoms with Crippen LogP contribution < -0.4 is 19.9 Å². The van der Waals surface area contributed by atoms with Gasteiger partial charge in [0.15, 0.2) is 0 Å². The van der Waals surface area contributed by atoms with E-state index in [0.717, 1.165) is 50.5 Å². The Balaban J connectivity index is 1.31. The summed E-state index contributed by atoms with van der Waals surface area (Å²) in [6.45, 7) is 11.8. The summed E-state index contributed by atoms with van der Waals surface area (Å²) in [6.07, 6.45) is 4.56. The van der Waals surface area contributed by atoms with Crippen molar-refractivity contribution in [1.82, 2.24) is 20.2 Å². The number of rotatable bonds is 6. The minimum Gasteiger partial charge on any atom is -0.462 e. The monoisotopic (exact) mass is 512 g/mol. The van der Waals surface area contributed by atoms with Crippen molar-refractivity contribution in [3.05, 3.63) is 65.9 Å². The Morgan fingerprint density at radius 1 is 1.11 bits per heavy atom. The molecule has 198 valence electrons. The van der Waals surface area contributed by atoms with Crippen molar-refractivity contribution in [1.29, 1.82) is 0 Å². The number of benzene rings is 2. The predicted molar refractivity (Wildman–Crippen MR) is 151 cm³/mol. The summed E-state index contributed by atoms with van der Waals surface area (Å²) >= 11 is 0. The van der Waals surface area contributed by atoms with E-state index < -0.39 is 0 Å². The van der Waals surface area contributed by atoms with Crippen molar-refractivity contribution in [2.45, 2.75) is 38.8 Å². The van der Waals surface area contributed by atoms with E-state index in [1.807, 2.05) is 4.90 Å². The second-order valence-electron chi connectivity index (χ2n) is 10.5. The highest BCUT2D eigenvalue weighted by Gasteiger charge is 2.29. The first kappa shape index (κ1) is 24.7. The van der Waals surface area contributed by atoms with Crippen LogP contribution in [0.3, 0.4) is 0 Å². The van der Waals surface area contributed by atoms with Crippen LogP contribution in [0.5, 0.6) is 6.01 Å². The van der Waals surface area contributed by atoms with Crippen molar-refractivity contribution in [2.24, 2.45) is 0 Å². The van der Waals surface area contributed by atoms with Crippen LogP contribution in [0, 0.1) is 6.92 Å². The zero-order valence-corrected chi connectivity index (χ0v) is 22.2. The van der Waals surface area contributed by atoms with E-state index in [-0.39, 0.29) is 5.91 Å². The molecule has 4 heterocycles. The lowest BCUT2D eigenvalue weighted by Crippen LogP contribution is -2.49. The van der Waals surface area contributed by atoms with Gasteiger partial charge in [0.25, 0.3) is 0 Å². The average molecular weight is 513 g/mol. The summed E-state index contributed by atoms with van der Waals surface area (Å²) in [5.41, 5.74) is 4.77. The number of anilines is 2. The second kappa shape index (κ2) is 10.6. The number of aromatic nitrogens is 2. The van der Waals surface area contributed by atoms with Crippen LogP contribution in [0.15, 0.2) is 49.1 Å². The van der Waals surface area contributed by atoms with Crippen molar-refractivity contribution in [2.75, 3.05) is 55.7 Å². The molecule has 2 saturated heterocycles. The van der Waals surface area contributed by atoms with Crippen LogP contribution in [-0.4, -0.2) is 72.7 Å². The lowest BCUT2D eigenvalue weighted by atomic mass is 9.99. The molecule has 3 aliphatic heterocycles. The smallest absolute Gasteiger partial charge is 0.318 e. The van der Waals surface area contributed by atoms with Crippen molar-refractivity contribution < 1.29 is 9.53 Å². The fourth-order valence-electron chi connectivity index (χ4n) is 6.03. The number of fused-ring (bicyclic) bond motifs is 2. The Morgan fingerprint density at radius 2 is 1.92 bits per heavy atom. The summed E-state index contributed by atoms with van der Waals surface area (Å²) in [6, 6.07) is 13.8. The van der Waals surface area contributed by atoms with E-state index in [0.29, 0.717) is 38.3 Å². The fourth-order valence-corrected chi connectivity index (χ4v) is 6.03. The Kier molecular flexibility index (Phi) is 6.89. The molecule has 3 aromatic rings. The molecule has 0 bridgehead atoms. The van der Waals surface area contributed by atoms with E-state index >= 15 is 0 Å². The summed E-state index contributed by atoms with van der Waals surface area (Å²) in [5, 5.41) is 6.06. The minimum atomic E-state index is -0.0107. The molecule has 2 aromatic carbocycles. The van der Waals surface area contributed by atoms with Gasteiger partial charge < -0.3 is 24.8 Å². The number of carbonyl (C=O) groups excluding carboxylic acids is 1. The third-order valence-electron chi connectivity index (χ3n) is 8.10. The van der Waals surface area contributed by atoms with Crippen LogP contribution in [-0.2, 0) is 17.8 Å². The molecule has 1 unspecified atom stereocenters. The van der Waals surface area contributed by atoms with Crippen molar-refractivity contribution >= 4 is 28.2 Å². The molecule has 0 spiro atoms. The lowest BCUT2D eigenvalue weighted by molar-refractivity contribution is -0.126. The van der Waals surface area contributed by atoms with E-state index in [4.69, 9.17) is 14.7 Å². The highest BCUT2D eigenvalue weighted by molar-refractivity contribution is 5.97. The third-order valence-corrected chi connectivity index (χ3v) is 8.10. The molecule has 2 fully saturated rings. The summed E-state index contributed by atoms with van der Waals surface area (Å²) in [4.78, 5) is 28.6. The Bertz CT molecular complexity index is 1340. The van der Waals surface area contributed by atoms with Gasteiger partial charge in [-0.2, -0.15) is 9.97 Å². The number of aryl methyl sites for hydroxylation is 1. The predicted octanol–water partition coefficient (Wildman–Crippen LogP) is 3.47. The van der Waals surface area contributed by atoms with Gasteiger partial charge in [-0.05, 0) is 55.8 Å². The number of amides is 1. The van der Waals surface area contributed by atoms with E-state index in [9.17, 15) is 4.79 Å². The molecule has 0 radical (unpaired) electrons. The first-order chi connectivity index (χ1) is 18.6. The Labute approximate surface area is 224 Å². The number of hydrogen-bond donors (Lipinski definition) is 1. The lowest BCUT2D eigenvalue weighted by Gasteiger charge is -2.38. The highest BCUT2D eigenvalue weighted by atomic mass is 16.5. The maximum atomic E-state index is 12.1. The number of piperazine rings is 1. The molecule has 0 saturated carbocycles. The van der Waals surface area contributed by atoms with Gasteiger partial charge in [0.1, 0.15) is 12.4 Å². The zero-order valence-electron chi connectivity index (χ0n) is 22.2. The zero-order chi connectivity index (χ0) is 26.1. The van der Waals surface area contributed by atoms with Crippen LogP contribution in [0.2, 0.25) is 0 Å².